The Bertz CT molecular complexity index is 227. The average Bonchev–Trinajstić information content (AvgIpc) is 2.31. The lowest BCUT2D eigenvalue weighted by Gasteiger charge is -2.33. The van der Waals surface area contributed by atoms with E-state index < -0.39 is 0 Å². The molecule has 1 rings (SSSR count). The smallest absolute Gasteiger partial charge is 0.234 e. The van der Waals surface area contributed by atoms with E-state index in [1.165, 1.54) is 0 Å². The third kappa shape index (κ3) is 5.48. The average molecular weight is 242 g/mol. The van der Waals surface area contributed by atoms with E-state index in [1.54, 1.807) is 0 Å². The number of hydrogen-bond acceptors (Lipinski definition) is 4. The molecule has 0 spiro atoms. The number of likely N-dealkylation sites (N-methyl/N-ethyl adjacent to an activating group) is 1. The summed E-state index contributed by atoms with van der Waals surface area (Å²) in [5.41, 5.74) is 5.39. The molecule has 17 heavy (non-hydrogen) atoms. The summed E-state index contributed by atoms with van der Waals surface area (Å²) in [6, 6.07) is -0.172. The van der Waals surface area contributed by atoms with Crippen molar-refractivity contribution >= 4 is 5.91 Å². The lowest BCUT2D eigenvalue weighted by molar-refractivity contribution is -0.120. The van der Waals surface area contributed by atoms with E-state index in [2.05, 4.69) is 29.1 Å². The first-order chi connectivity index (χ1) is 8.13. The molecule has 3 N–H and O–H groups in total. The second-order valence-electron chi connectivity index (χ2n) is 4.84. The summed E-state index contributed by atoms with van der Waals surface area (Å²) in [5.74, 6) is -0.229. The van der Waals surface area contributed by atoms with Gasteiger partial charge in [0.25, 0.3) is 0 Å². The Morgan fingerprint density at radius 3 is 2.53 bits per heavy atom. The van der Waals surface area contributed by atoms with Gasteiger partial charge in [-0.2, -0.15) is 0 Å². The predicted molar refractivity (Wildman–Crippen MR) is 69.8 cm³/mol. The van der Waals surface area contributed by atoms with Gasteiger partial charge < -0.3 is 20.9 Å². The largest absolute Gasteiger partial charge is 0.368 e. The highest BCUT2D eigenvalue weighted by molar-refractivity contribution is 5.79. The molecule has 1 unspecified atom stereocenters. The minimum atomic E-state index is -0.229. The Balaban J connectivity index is 2.23. The molecule has 1 aliphatic rings. The normalized spacial score (nSPS) is 20.4. The van der Waals surface area contributed by atoms with Crippen molar-refractivity contribution in [3.8, 4) is 0 Å². The van der Waals surface area contributed by atoms with Gasteiger partial charge in [0.2, 0.25) is 5.91 Å². The van der Waals surface area contributed by atoms with Crippen LogP contribution in [-0.4, -0.2) is 68.1 Å². The molecular weight excluding hydrogens is 216 g/mol. The van der Waals surface area contributed by atoms with Crippen molar-refractivity contribution < 1.29 is 4.79 Å². The number of hydrogen-bond donors (Lipinski definition) is 2. The van der Waals surface area contributed by atoms with Gasteiger partial charge in [-0.15, -0.1) is 0 Å². The molecule has 1 heterocycles. The number of carbonyl (C=O) groups excluding carboxylic acids is 1. The second-order valence-corrected chi connectivity index (χ2v) is 4.84. The van der Waals surface area contributed by atoms with Crippen molar-refractivity contribution in [1.82, 2.24) is 15.1 Å². The molecular formula is C12H26N4O. The molecule has 0 aromatic rings. The van der Waals surface area contributed by atoms with Crippen molar-refractivity contribution in [2.24, 2.45) is 5.73 Å². The quantitative estimate of drug-likeness (QED) is 0.630. The van der Waals surface area contributed by atoms with Crippen LogP contribution in [0.4, 0.5) is 0 Å². The Hall–Kier alpha value is -0.650. The zero-order valence-corrected chi connectivity index (χ0v) is 11.1. The lowest BCUT2D eigenvalue weighted by atomic mass is 10.1. The summed E-state index contributed by atoms with van der Waals surface area (Å²) in [5, 5.41) is 3.21. The van der Waals surface area contributed by atoms with Gasteiger partial charge in [0.05, 0.1) is 6.04 Å². The van der Waals surface area contributed by atoms with Gasteiger partial charge in [0.1, 0.15) is 0 Å². The number of nitrogens with two attached hydrogens (primary N) is 1. The zero-order valence-electron chi connectivity index (χ0n) is 11.1. The molecule has 0 radical (unpaired) electrons. The third-order valence-corrected chi connectivity index (χ3v) is 3.31. The van der Waals surface area contributed by atoms with Crippen molar-refractivity contribution in [1.29, 1.82) is 0 Å². The van der Waals surface area contributed by atoms with E-state index in [-0.39, 0.29) is 11.9 Å². The molecule has 0 aliphatic carbocycles. The fourth-order valence-electron chi connectivity index (χ4n) is 2.05. The van der Waals surface area contributed by atoms with Crippen LogP contribution < -0.4 is 11.1 Å². The van der Waals surface area contributed by atoms with Gasteiger partial charge in [0, 0.05) is 32.7 Å². The number of primary amides is 1. The van der Waals surface area contributed by atoms with Crippen LogP contribution in [0.2, 0.25) is 0 Å². The summed E-state index contributed by atoms with van der Waals surface area (Å²) in [6.45, 7) is 8.32. The van der Waals surface area contributed by atoms with Gasteiger partial charge in [-0.25, -0.2) is 0 Å². The minimum Gasteiger partial charge on any atom is -0.368 e. The molecule has 5 nitrogen and oxygen atoms in total. The molecule has 0 saturated carbocycles. The number of piperazine rings is 1. The third-order valence-electron chi connectivity index (χ3n) is 3.31. The maximum atomic E-state index is 11.3. The van der Waals surface area contributed by atoms with E-state index in [9.17, 15) is 4.79 Å². The maximum Gasteiger partial charge on any atom is 0.234 e. The fourth-order valence-corrected chi connectivity index (χ4v) is 2.05. The standard InChI is InChI=1S/C12H26N4O/c1-3-5-14-11(12(13)17)4-6-16-9-7-15(2)8-10-16/h11,14H,3-10H2,1-2H3,(H2,13,17). The van der Waals surface area contributed by atoms with Gasteiger partial charge in [-0.1, -0.05) is 6.92 Å². The SMILES string of the molecule is CCCNC(CCN1CCN(C)CC1)C(N)=O. The van der Waals surface area contributed by atoms with Crippen LogP contribution in [0, 0.1) is 0 Å². The van der Waals surface area contributed by atoms with Crippen LogP contribution in [0.15, 0.2) is 0 Å². The van der Waals surface area contributed by atoms with Crippen LogP contribution >= 0.6 is 0 Å². The fraction of sp³-hybridized carbons (Fsp3) is 0.917. The van der Waals surface area contributed by atoms with Crippen LogP contribution in [-0.2, 0) is 4.79 Å². The van der Waals surface area contributed by atoms with Gasteiger partial charge in [-0.05, 0) is 26.4 Å². The van der Waals surface area contributed by atoms with Crippen LogP contribution in [0.3, 0.4) is 0 Å². The Morgan fingerprint density at radius 2 is 2.00 bits per heavy atom. The zero-order chi connectivity index (χ0) is 12.7. The molecule has 0 aromatic carbocycles. The monoisotopic (exact) mass is 242 g/mol. The summed E-state index contributed by atoms with van der Waals surface area (Å²) in [4.78, 5) is 16.0. The van der Waals surface area contributed by atoms with E-state index in [0.717, 1.165) is 52.1 Å². The lowest BCUT2D eigenvalue weighted by Crippen LogP contribution is -2.48. The number of rotatable bonds is 7. The van der Waals surface area contributed by atoms with E-state index in [1.807, 2.05) is 0 Å². The van der Waals surface area contributed by atoms with Crippen molar-refractivity contribution in [2.45, 2.75) is 25.8 Å². The molecule has 0 aromatic heterocycles. The van der Waals surface area contributed by atoms with Crippen LogP contribution in [0.5, 0.6) is 0 Å². The molecule has 1 aliphatic heterocycles. The van der Waals surface area contributed by atoms with Gasteiger partial charge >= 0.3 is 0 Å². The number of nitrogens with one attached hydrogen (secondary N) is 1. The molecule has 1 atom stereocenters. The summed E-state index contributed by atoms with van der Waals surface area (Å²) < 4.78 is 0. The van der Waals surface area contributed by atoms with Crippen molar-refractivity contribution in [3.63, 3.8) is 0 Å². The molecule has 100 valence electrons. The number of amides is 1. The summed E-state index contributed by atoms with van der Waals surface area (Å²) >= 11 is 0. The summed E-state index contributed by atoms with van der Waals surface area (Å²) in [6.07, 6.45) is 1.84. The van der Waals surface area contributed by atoms with Gasteiger partial charge in [-0.3, -0.25) is 4.79 Å². The van der Waals surface area contributed by atoms with Crippen LogP contribution in [0.1, 0.15) is 19.8 Å². The molecule has 5 heteroatoms. The molecule has 1 saturated heterocycles. The molecule has 0 bridgehead atoms. The Kier molecular flexibility index (Phi) is 6.47. The van der Waals surface area contributed by atoms with Crippen molar-refractivity contribution in [2.75, 3.05) is 46.3 Å². The van der Waals surface area contributed by atoms with E-state index in [0.29, 0.717) is 0 Å². The van der Waals surface area contributed by atoms with Crippen LogP contribution in [0.25, 0.3) is 0 Å². The minimum absolute atomic E-state index is 0.172. The Morgan fingerprint density at radius 1 is 1.35 bits per heavy atom. The topological polar surface area (TPSA) is 61.6 Å². The second kappa shape index (κ2) is 7.63. The summed E-state index contributed by atoms with van der Waals surface area (Å²) in [7, 11) is 2.15. The van der Waals surface area contributed by atoms with Gasteiger partial charge in [0.15, 0.2) is 0 Å². The van der Waals surface area contributed by atoms with E-state index in [4.69, 9.17) is 5.73 Å². The highest BCUT2D eigenvalue weighted by Gasteiger charge is 2.18. The predicted octanol–water partition coefficient (Wildman–Crippen LogP) is -0.523. The maximum absolute atomic E-state index is 11.3. The molecule has 1 amide bonds. The first-order valence-corrected chi connectivity index (χ1v) is 6.57. The van der Waals surface area contributed by atoms with E-state index >= 15 is 0 Å². The number of carbonyl (C=O) groups is 1. The first kappa shape index (κ1) is 14.4. The highest BCUT2D eigenvalue weighted by Crippen LogP contribution is 2.02. The first-order valence-electron chi connectivity index (χ1n) is 6.57. The molecule has 1 fully saturated rings. The number of nitrogens with zero attached hydrogens (tertiary/aromatic N) is 2. The Labute approximate surface area is 104 Å². The highest BCUT2D eigenvalue weighted by atomic mass is 16.1. The van der Waals surface area contributed by atoms with Crippen molar-refractivity contribution in [3.05, 3.63) is 0 Å².